The Kier molecular flexibility index (Phi) is 7.01. The van der Waals surface area contributed by atoms with Gasteiger partial charge in [-0.05, 0) is 48.7 Å². The second-order valence-corrected chi connectivity index (χ2v) is 7.95. The lowest BCUT2D eigenvalue weighted by molar-refractivity contribution is 0.247. The molecule has 0 atom stereocenters. The quantitative estimate of drug-likeness (QED) is 0.405. The van der Waals surface area contributed by atoms with Gasteiger partial charge in [-0.3, -0.25) is 9.88 Å². The number of benzene rings is 2. The molecule has 2 heterocycles. The minimum absolute atomic E-state index is 0.662. The maximum atomic E-state index is 9.01. The Morgan fingerprint density at radius 2 is 1.72 bits per heavy atom. The van der Waals surface area contributed by atoms with E-state index in [1.54, 1.807) is 6.33 Å². The minimum atomic E-state index is 0.662. The van der Waals surface area contributed by atoms with Crippen LogP contribution in [0.5, 0.6) is 0 Å². The fourth-order valence-electron chi connectivity index (χ4n) is 3.59. The highest BCUT2D eigenvalue weighted by molar-refractivity contribution is 5.31. The van der Waals surface area contributed by atoms with Crippen LogP contribution >= 0.6 is 0 Å². The fraction of sp³-hybridized carbons (Fsp3) is 0.231. The summed E-state index contributed by atoms with van der Waals surface area (Å²) in [6.07, 6.45) is 4.56. The Morgan fingerprint density at radius 3 is 2.44 bits per heavy atom. The molecule has 4 rings (SSSR count). The van der Waals surface area contributed by atoms with E-state index in [-0.39, 0.29) is 0 Å². The molecule has 0 radical (unpaired) electrons. The van der Waals surface area contributed by atoms with Crippen molar-refractivity contribution in [3.8, 4) is 6.07 Å². The lowest BCUT2D eigenvalue weighted by Gasteiger charge is -2.22. The zero-order chi connectivity index (χ0) is 22.2. The van der Waals surface area contributed by atoms with Gasteiger partial charge in [0.15, 0.2) is 0 Å². The summed E-state index contributed by atoms with van der Waals surface area (Å²) in [6.45, 7) is 5.10. The highest BCUT2D eigenvalue weighted by Crippen LogP contribution is 2.12. The fourth-order valence-corrected chi connectivity index (χ4v) is 3.59. The molecule has 160 valence electrons. The molecule has 4 aromatic rings. The first kappa shape index (κ1) is 21.4. The highest BCUT2D eigenvalue weighted by Gasteiger charge is 2.13. The first-order chi connectivity index (χ1) is 15.7. The molecule has 0 unspecified atom stereocenters. The van der Waals surface area contributed by atoms with Crippen molar-refractivity contribution in [1.82, 2.24) is 24.6 Å². The van der Waals surface area contributed by atoms with Crippen LogP contribution in [0.2, 0.25) is 0 Å². The largest absolute Gasteiger partial charge is 0.312 e. The Balaban J connectivity index is 1.48. The predicted molar refractivity (Wildman–Crippen MR) is 124 cm³/mol. The van der Waals surface area contributed by atoms with Gasteiger partial charge in [0.05, 0.1) is 30.4 Å². The van der Waals surface area contributed by atoms with Crippen molar-refractivity contribution in [2.75, 3.05) is 6.54 Å². The summed E-state index contributed by atoms with van der Waals surface area (Å²) >= 11 is 0. The molecule has 6 heteroatoms. The van der Waals surface area contributed by atoms with E-state index in [1.165, 1.54) is 11.1 Å². The predicted octanol–water partition coefficient (Wildman–Crippen LogP) is 4.15. The van der Waals surface area contributed by atoms with Gasteiger partial charge >= 0.3 is 0 Å². The summed E-state index contributed by atoms with van der Waals surface area (Å²) < 4.78 is 2.07. The third-order valence-electron chi connectivity index (χ3n) is 5.45. The first-order valence-corrected chi connectivity index (χ1v) is 10.7. The van der Waals surface area contributed by atoms with Crippen LogP contribution in [0.25, 0.3) is 0 Å². The van der Waals surface area contributed by atoms with Crippen molar-refractivity contribution in [3.05, 3.63) is 113 Å². The number of hydrogen-bond acceptors (Lipinski definition) is 5. The van der Waals surface area contributed by atoms with Gasteiger partial charge in [-0.25, -0.2) is 0 Å². The standard InChI is InChI=1S/C26H26N6/c1-21-5-7-22(8-6-21)13-15-31(18-25-4-2-3-14-28-25)19-26-30-29-20-32(26)17-24-11-9-23(16-27)10-12-24/h2-12,14,20H,13,15,17-19H2,1H3. The van der Waals surface area contributed by atoms with E-state index >= 15 is 0 Å². The van der Waals surface area contributed by atoms with Crippen molar-refractivity contribution in [2.45, 2.75) is 33.0 Å². The van der Waals surface area contributed by atoms with E-state index in [0.717, 1.165) is 36.6 Å². The van der Waals surface area contributed by atoms with Crippen LogP contribution in [0, 0.1) is 18.3 Å². The molecule has 0 N–H and O–H groups in total. The second kappa shape index (κ2) is 10.5. The Bertz CT molecular complexity index is 1160. The molecule has 0 aliphatic heterocycles. The van der Waals surface area contributed by atoms with Crippen LogP contribution in [0.15, 0.2) is 79.3 Å². The molecule has 0 aliphatic rings. The number of rotatable bonds is 9. The summed E-state index contributed by atoms with van der Waals surface area (Å²) in [5, 5.41) is 17.6. The lowest BCUT2D eigenvalue weighted by atomic mass is 10.1. The van der Waals surface area contributed by atoms with Gasteiger partial charge in [0.25, 0.3) is 0 Å². The van der Waals surface area contributed by atoms with Crippen molar-refractivity contribution in [1.29, 1.82) is 5.26 Å². The van der Waals surface area contributed by atoms with Gasteiger partial charge < -0.3 is 4.57 Å². The van der Waals surface area contributed by atoms with Crippen molar-refractivity contribution in [2.24, 2.45) is 0 Å². The van der Waals surface area contributed by atoms with Gasteiger partial charge in [0.1, 0.15) is 12.2 Å². The zero-order valence-corrected chi connectivity index (χ0v) is 18.2. The number of pyridine rings is 1. The molecule has 0 bridgehead atoms. The number of nitriles is 1. The van der Waals surface area contributed by atoms with Crippen molar-refractivity contribution in [3.63, 3.8) is 0 Å². The molecule has 0 aliphatic carbocycles. The molecule has 2 aromatic carbocycles. The maximum absolute atomic E-state index is 9.01. The van der Waals surface area contributed by atoms with Crippen LogP contribution in [0.4, 0.5) is 0 Å². The third kappa shape index (κ3) is 5.87. The molecular weight excluding hydrogens is 396 g/mol. The van der Waals surface area contributed by atoms with E-state index in [1.807, 2.05) is 42.6 Å². The summed E-state index contributed by atoms with van der Waals surface area (Å²) in [4.78, 5) is 6.87. The molecule has 32 heavy (non-hydrogen) atoms. The summed E-state index contributed by atoms with van der Waals surface area (Å²) in [7, 11) is 0. The second-order valence-electron chi connectivity index (χ2n) is 7.95. The SMILES string of the molecule is Cc1ccc(CCN(Cc2ccccn2)Cc2nncn2Cc2ccc(C#N)cc2)cc1. The van der Waals surface area contributed by atoms with E-state index in [2.05, 4.69) is 68.0 Å². The monoisotopic (exact) mass is 422 g/mol. The molecule has 2 aromatic heterocycles. The van der Waals surface area contributed by atoms with Crippen molar-refractivity contribution >= 4 is 0 Å². The number of hydrogen-bond donors (Lipinski definition) is 0. The van der Waals surface area contributed by atoms with Crippen LogP contribution < -0.4 is 0 Å². The molecule has 0 saturated heterocycles. The number of aryl methyl sites for hydroxylation is 1. The van der Waals surface area contributed by atoms with Gasteiger partial charge in [0, 0.05) is 19.3 Å². The van der Waals surface area contributed by atoms with Gasteiger partial charge in [-0.1, -0.05) is 48.0 Å². The van der Waals surface area contributed by atoms with Crippen molar-refractivity contribution < 1.29 is 0 Å². The third-order valence-corrected chi connectivity index (χ3v) is 5.45. The lowest BCUT2D eigenvalue weighted by Crippen LogP contribution is -2.27. The van der Waals surface area contributed by atoms with E-state index < -0.39 is 0 Å². The van der Waals surface area contributed by atoms with Gasteiger partial charge in [-0.2, -0.15) is 5.26 Å². The smallest absolute Gasteiger partial charge is 0.147 e. The Hall–Kier alpha value is -3.82. The summed E-state index contributed by atoms with van der Waals surface area (Å²) in [6, 6.07) is 24.5. The Morgan fingerprint density at radius 1 is 0.938 bits per heavy atom. The molecule has 6 nitrogen and oxygen atoms in total. The molecule has 0 saturated carbocycles. The van der Waals surface area contributed by atoms with E-state index in [9.17, 15) is 0 Å². The summed E-state index contributed by atoms with van der Waals surface area (Å²) in [5.74, 6) is 0.911. The average Bonchev–Trinajstić information content (AvgIpc) is 3.26. The Labute approximate surface area is 188 Å². The first-order valence-electron chi connectivity index (χ1n) is 10.7. The highest BCUT2D eigenvalue weighted by atomic mass is 15.3. The normalized spacial score (nSPS) is 10.9. The van der Waals surface area contributed by atoms with E-state index in [4.69, 9.17) is 5.26 Å². The van der Waals surface area contributed by atoms with E-state index in [0.29, 0.717) is 18.7 Å². The number of aromatic nitrogens is 4. The topological polar surface area (TPSA) is 70.6 Å². The van der Waals surface area contributed by atoms with Crippen LogP contribution in [0.3, 0.4) is 0 Å². The molecular formula is C26H26N6. The van der Waals surface area contributed by atoms with Gasteiger partial charge in [-0.15, -0.1) is 10.2 Å². The molecule has 0 amide bonds. The average molecular weight is 423 g/mol. The van der Waals surface area contributed by atoms with Crippen LogP contribution in [-0.4, -0.2) is 31.2 Å². The number of nitrogens with zero attached hydrogens (tertiary/aromatic N) is 6. The van der Waals surface area contributed by atoms with Crippen LogP contribution in [-0.2, 0) is 26.1 Å². The summed E-state index contributed by atoms with van der Waals surface area (Å²) in [5.41, 5.74) is 5.40. The van der Waals surface area contributed by atoms with Gasteiger partial charge in [0.2, 0.25) is 0 Å². The molecule has 0 spiro atoms. The maximum Gasteiger partial charge on any atom is 0.147 e. The zero-order valence-electron chi connectivity index (χ0n) is 18.2. The molecule has 0 fully saturated rings. The van der Waals surface area contributed by atoms with Crippen LogP contribution in [0.1, 0.15) is 33.8 Å². The minimum Gasteiger partial charge on any atom is -0.312 e.